The number of H-pyrrole nitrogens is 1. The van der Waals surface area contributed by atoms with Crippen LogP contribution in [-0.2, 0) is 11.3 Å². The van der Waals surface area contributed by atoms with E-state index in [-0.39, 0.29) is 23.9 Å². The Balaban J connectivity index is 1.25. The van der Waals surface area contributed by atoms with Gasteiger partial charge in [-0.1, -0.05) is 11.6 Å². The first-order chi connectivity index (χ1) is 18.7. The van der Waals surface area contributed by atoms with Crippen LogP contribution in [0.15, 0.2) is 21.8 Å². The maximum absolute atomic E-state index is 13.2. The van der Waals surface area contributed by atoms with Crippen molar-refractivity contribution in [2.75, 3.05) is 39.1 Å². The Morgan fingerprint density at radius 1 is 1.15 bits per heavy atom. The van der Waals surface area contributed by atoms with Crippen molar-refractivity contribution >= 4 is 29.3 Å². The summed E-state index contributed by atoms with van der Waals surface area (Å²) in [6.07, 6.45) is 6.22. The number of hydrogen-bond donors (Lipinski definition) is 2. The van der Waals surface area contributed by atoms with E-state index < -0.39 is 5.79 Å². The lowest BCUT2D eigenvalue weighted by atomic mass is 9.78. The molecule has 10 heteroatoms. The fraction of sp³-hybridized carbons (Fsp3) is 0.586. The van der Waals surface area contributed by atoms with E-state index in [0.717, 1.165) is 69.1 Å². The number of nitrogens with zero attached hydrogens (tertiary/aromatic N) is 1. The largest absolute Gasteiger partial charge is 0.448 e. The molecule has 3 heterocycles. The van der Waals surface area contributed by atoms with E-state index >= 15 is 0 Å². The van der Waals surface area contributed by atoms with Gasteiger partial charge in [-0.3, -0.25) is 14.5 Å². The third-order valence-corrected chi connectivity index (χ3v) is 9.46. The number of benzene rings is 1. The zero-order valence-corrected chi connectivity index (χ0v) is 24.7. The lowest BCUT2D eigenvalue weighted by Crippen LogP contribution is -2.46. The quantitative estimate of drug-likeness (QED) is 0.453. The Morgan fingerprint density at radius 2 is 1.85 bits per heavy atom. The molecule has 3 aliphatic rings. The van der Waals surface area contributed by atoms with Crippen LogP contribution in [-0.4, -0.2) is 60.7 Å². The number of fused-ring (bicyclic) bond motifs is 1. The summed E-state index contributed by atoms with van der Waals surface area (Å²) >= 11 is 8.12. The molecule has 2 fully saturated rings. The molecule has 1 aromatic carbocycles. The molecular weight excluding hydrogens is 538 g/mol. The van der Waals surface area contributed by atoms with Crippen molar-refractivity contribution in [3.05, 3.63) is 49.9 Å². The Kier molecular flexibility index (Phi) is 8.52. The number of pyridine rings is 1. The van der Waals surface area contributed by atoms with E-state index in [1.165, 1.54) is 11.8 Å². The summed E-state index contributed by atoms with van der Waals surface area (Å²) in [5.41, 5.74) is 2.21. The number of halogens is 1. The van der Waals surface area contributed by atoms with Crippen LogP contribution in [0.4, 0.5) is 0 Å². The third kappa shape index (κ3) is 5.97. The van der Waals surface area contributed by atoms with E-state index in [2.05, 4.69) is 15.2 Å². The molecule has 2 N–H and O–H groups in total. The minimum Gasteiger partial charge on any atom is -0.448 e. The van der Waals surface area contributed by atoms with E-state index in [1.807, 2.05) is 33.1 Å². The van der Waals surface area contributed by atoms with Crippen molar-refractivity contribution in [3.63, 3.8) is 0 Å². The highest BCUT2D eigenvalue weighted by Crippen LogP contribution is 2.52. The smallest absolute Gasteiger partial charge is 0.254 e. The SMILES string of the molecule is CSc1cc(C)[nH]c(=O)c1CNC(=O)c1cc(Cl)c2c(c1C)O[C@](C)(C1CCC(CN3CCOCC3)CC1)O2. The van der Waals surface area contributed by atoms with Gasteiger partial charge in [0, 0.05) is 66.3 Å². The van der Waals surface area contributed by atoms with Crippen molar-refractivity contribution in [3.8, 4) is 11.5 Å². The van der Waals surface area contributed by atoms with E-state index in [9.17, 15) is 9.59 Å². The molecule has 0 bridgehead atoms. The van der Waals surface area contributed by atoms with Crippen molar-refractivity contribution in [2.24, 2.45) is 11.8 Å². The molecule has 1 amide bonds. The molecule has 2 aliphatic heterocycles. The molecule has 1 aromatic heterocycles. The first-order valence-electron chi connectivity index (χ1n) is 13.7. The number of carbonyl (C=O) groups excluding carboxylic acids is 1. The van der Waals surface area contributed by atoms with Gasteiger partial charge in [0.1, 0.15) is 0 Å². The monoisotopic (exact) mass is 575 g/mol. The van der Waals surface area contributed by atoms with Gasteiger partial charge in [-0.25, -0.2) is 0 Å². The summed E-state index contributed by atoms with van der Waals surface area (Å²) < 4.78 is 18.4. The van der Waals surface area contributed by atoms with E-state index in [1.54, 1.807) is 6.07 Å². The number of aromatic amines is 1. The van der Waals surface area contributed by atoms with Crippen LogP contribution < -0.4 is 20.3 Å². The number of thioether (sulfide) groups is 1. The third-order valence-electron chi connectivity index (χ3n) is 8.38. The van der Waals surface area contributed by atoms with Crippen molar-refractivity contribution < 1.29 is 19.0 Å². The summed E-state index contributed by atoms with van der Waals surface area (Å²) in [4.78, 5) is 31.9. The second kappa shape index (κ2) is 11.7. The summed E-state index contributed by atoms with van der Waals surface area (Å²) in [6.45, 7) is 10.6. The van der Waals surface area contributed by atoms with Crippen molar-refractivity contribution in [2.45, 2.75) is 63.7 Å². The van der Waals surface area contributed by atoms with E-state index in [4.69, 9.17) is 25.8 Å². The molecule has 0 unspecified atom stereocenters. The van der Waals surface area contributed by atoms with Gasteiger partial charge in [0.25, 0.3) is 17.3 Å². The molecule has 1 saturated carbocycles. The maximum atomic E-state index is 13.2. The molecule has 0 spiro atoms. The first-order valence-corrected chi connectivity index (χ1v) is 15.3. The van der Waals surface area contributed by atoms with Gasteiger partial charge >= 0.3 is 0 Å². The van der Waals surface area contributed by atoms with Crippen LogP contribution in [0.25, 0.3) is 0 Å². The molecule has 1 saturated heterocycles. The Bertz CT molecular complexity index is 1290. The average Bonchev–Trinajstić information content (AvgIpc) is 3.30. The first kappa shape index (κ1) is 28.3. The number of hydrogen-bond acceptors (Lipinski definition) is 7. The Hall–Kier alpha value is -2.20. The van der Waals surface area contributed by atoms with Gasteiger partial charge in [-0.15, -0.1) is 11.8 Å². The highest BCUT2D eigenvalue weighted by molar-refractivity contribution is 7.98. The summed E-state index contributed by atoms with van der Waals surface area (Å²) in [6, 6.07) is 3.54. The fourth-order valence-electron chi connectivity index (χ4n) is 6.07. The molecule has 1 aliphatic carbocycles. The lowest BCUT2D eigenvalue weighted by molar-refractivity contribution is -0.123. The summed E-state index contributed by atoms with van der Waals surface area (Å²) in [5.74, 6) is 0.812. The number of morpholine rings is 1. The van der Waals surface area contributed by atoms with Crippen LogP contribution >= 0.6 is 23.4 Å². The fourth-order valence-corrected chi connectivity index (χ4v) is 7.01. The second-order valence-electron chi connectivity index (χ2n) is 11.1. The molecule has 8 nitrogen and oxygen atoms in total. The predicted molar refractivity (Wildman–Crippen MR) is 153 cm³/mol. The van der Waals surface area contributed by atoms with E-state index in [0.29, 0.717) is 39.1 Å². The Morgan fingerprint density at radius 3 is 2.54 bits per heavy atom. The van der Waals surface area contributed by atoms with Crippen LogP contribution in [0.5, 0.6) is 11.5 Å². The Labute approximate surface area is 239 Å². The second-order valence-corrected chi connectivity index (χ2v) is 12.3. The number of ether oxygens (including phenoxy) is 3. The number of aryl methyl sites for hydroxylation is 1. The maximum Gasteiger partial charge on any atom is 0.254 e. The minimum absolute atomic E-state index is 0.113. The number of amides is 1. The van der Waals surface area contributed by atoms with Crippen molar-refractivity contribution in [1.82, 2.24) is 15.2 Å². The normalized spacial score (nSPS) is 25.1. The molecule has 0 radical (unpaired) electrons. The molecule has 39 heavy (non-hydrogen) atoms. The van der Waals surface area contributed by atoms with Gasteiger partial charge in [0.05, 0.1) is 18.2 Å². The number of rotatable bonds is 7. The van der Waals surface area contributed by atoms with Gasteiger partial charge in [0.15, 0.2) is 11.5 Å². The summed E-state index contributed by atoms with van der Waals surface area (Å²) in [7, 11) is 0. The topological polar surface area (TPSA) is 92.9 Å². The van der Waals surface area contributed by atoms with Gasteiger partial charge < -0.3 is 24.5 Å². The number of nitrogens with one attached hydrogen (secondary N) is 2. The molecule has 5 rings (SSSR count). The van der Waals surface area contributed by atoms with Crippen LogP contribution in [0.3, 0.4) is 0 Å². The molecule has 212 valence electrons. The summed E-state index contributed by atoms with van der Waals surface area (Å²) in [5, 5.41) is 3.24. The molecular formula is C29H38ClN3O5S. The van der Waals surface area contributed by atoms with Crippen LogP contribution in [0.1, 0.15) is 59.8 Å². The molecule has 1 atom stereocenters. The number of carbonyl (C=O) groups is 1. The van der Waals surface area contributed by atoms with Gasteiger partial charge in [-0.2, -0.15) is 0 Å². The van der Waals surface area contributed by atoms with Crippen molar-refractivity contribution in [1.29, 1.82) is 0 Å². The van der Waals surface area contributed by atoms with Crippen LogP contribution in [0.2, 0.25) is 5.02 Å². The predicted octanol–water partition coefficient (Wildman–Crippen LogP) is 4.92. The zero-order chi connectivity index (χ0) is 27.7. The minimum atomic E-state index is -0.821. The standard InChI is InChI=1S/C29H38ClN3O5S/c1-17-13-24(39-4)22(28(35)32-17)15-31-27(34)21-14-23(30)26-25(18(21)2)37-29(3,38-26)20-7-5-19(6-8-20)16-33-9-11-36-12-10-33/h13-14,19-20H,5-12,15-16H2,1-4H3,(H,31,34)(H,32,35)/t19?,20?,29-/m0/s1. The van der Waals surface area contributed by atoms with Gasteiger partial charge in [-0.05, 0) is 63.8 Å². The van der Waals surface area contributed by atoms with Crippen LogP contribution in [0, 0.1) is 25.7 Å². The average molecular weight is 576 g/mol. The van der Waals surface area contributed by atoms with Gasteiger partial charge in [0.2, 0.25) is 0 Å². The molecule has 2 aromatic rings. The lowest BCUT2D eigenvalue weighted by Gasteiger charge is -2.39. The zero-order valence-electron chi connectivity index (χ0n) is 23.2. The highest BCUT2D eigenvalue weighted by Gasteiger charge is 2.47. The number of aromatic nitrogens is 1. The highest BCUT2D eigenvalue weighted by atomic mass is 35.5.